The van der Waals surface area contributed by atoms with Crippen molar-refractivity contribution in [2.45, 2.75) is 31.5 Å². The number of anilines is 1. The number of rotatable bonds is 3. The van der Waals surface area contributed by atoms with Gasteiger partial charge in [-0.1, -0.05) is 12.1 Å². The number of hydrogen-bond donors (Lipinski definition) is 1. The Labute approximate surface area is 133 Å². The largest absolute Gasteiger partial charge is 0.369 e. The average molecular weight is 301 g/mol. The molecule has 4 heteroatoms. The van der Waals surface area contributed by atoms with Crippen molar-refractivity contribution in [3.05, 3.63) is 29.8 Å². The zero-order valence-corrected chi connectivity index (χ0v) is 13.6. The summed E-state index contributed by atoms with van der Waals surface area (Å²) >= 11 is 0. The van der Waals surface area contributed by atoms with Gasteiger partial charge in [-0.3, -0.25) is 4.90 Å². The molecule has 3 saturated heterocycles. The second-order valence-electron chi connectivity index (χ2n) is 7.19. The third-order valence-corrected chi connectivity index (χ3v) is 5.43. The molecule has 0 radical (unpaired) electrons. The lowest BCUT2D eigenvalue weighted by atomic mass is 9.93. The molecular formula is C18H27N3O. The van der Waals surface area contributed by atoms with E-state index in [0.29, 0.717) is 6.10 Å². The molecule has 0 aliphatic carbocycles. The monoisotopic (exact) mass is 301 g/mol. The topological polar surface area (TPSA) is 27.7 Å². The fraction of sp³-hybridized carbons (Fsp3) is 0.667. The fourth-order valence-corrected chi connectivity index (χ4v) is 3.99. The van der Waals surface area contributed by atoms with Crippen molar-refractivity contribution < 1.29 is 4.74 Å². The lowest BCUT2D eigenvalue weighted by Crippen LogP contribution is -2.59. The molecule has 1 aromatic rings. The quantitative estimate of drug-likeness (QED) is 0.918. The first kappa shape index (κ1) is 14.5. The van der Waals surface area contributed by atoms with Gasteiger partial charge in [0, 0.05) is 51.5 Å². The van der Waals surface area contributed by atoms with E-state index in [9.17, 15) is 0 Å². The van der Waals surface area contributed by atoms with Gasteiger partial charge in [0.25, 0.3) is 0 Å². The normalized spacial score (nSPS) is 28.0. The molecule has 3 heterocycles. The first-order valence-electron chi connectivity index (χ1n) is 8.65. The molecule has 1 atom stereocenters. The smallest absolute Gasteiger partial charge is 0.0935 e. The number of hydrogen-bond acceptors (Lipinski definition) is 4. The van der Waals surface area contributed by atoms with E-state index in [1.807, 2.05) is 0 Å². The van der Waals surface area contributed by atoms with Crippen LogP contribution in [-0.2, 0) is 4.74 Å². The molecule has 1 unspecified atom stereocenters. The van der Waals surface area contributed by atoms with Crippen molar-refractivity contribution in [3.63, 3.8) is 0 Å². The van der Waals surface area contributed by atoms with Crippen LogP contribution in [0.5, 0.6) is 0 Å². The highest BCUT2D eigenvalue weighted by Crippen LogP contribution is 2.33. The van der Waals surface area contributed by atoms with Gasteiger partial charge in [0.05, 0.1) is 11.7 Å². The van der Waals surface area contributed by atoms with Gasteiger partial charge in [-0.15, -0.1) is 0 Å². The maximum Gasteiger partial charge on any atom is 0.0935 e. The highest BCUT2D eigenvalue weighted by Gasteiger charge is 2.45. The highest BCUT2D eigenvalue weighted by atomic mass is 16.5. The van der Waals surface area contributed by atoms with Crippen LogP contribution in [0, 0.1) is 6.92 Å². The molecule has 0 aromatic heterocycles. The maximum absolute atomic E-state index is 6.30. The summed E-state index contributed by atoms with van der Waals surface area (Å²) in [6, 6.07) is 8.86. The van der Waals surface area contributed by atoms with E-state index in [1.165, 1.54) is 24.1 Å². The van der Waals surface area contributed by atoms with Crippen LogP contribution in [0.25, 0.3) is 0 Å². The van der Waals surface area contributed by atoms with Gasteiger partial charge < -0.3 is 15.0 Å². The van der Waals surface area contributed by atoms with Gasteiger partial charge in [-0.05, 0) is 37.5 Å². The standard InChI is InChI=1S/C18H27N3O/c1-15-3-2-4-16(11-15)21-9-7-20(8-10-21)12-17-5-6-18(22-17)13-19-14-18/h2-4,11,17,19H,5-10,12-14H2,1H3. The van der Waals surface area contributed by atoms with Crippen molar-refractivity contribution in [1.29, 1.82) is 0 Å². The average Bonchev–Trinajstić information content (AvgIpc) is 2.93. The molecule has 1 spiro atoms. The van der Waals surface area contributed by atoms with Crippen molar-refractivity contribution >= 4 is 5.69 Å². The number of nitrogens with zero attached hydrogens (tertiary/aromatic N) is 2. The summed E-state index contributed by atoms with van der Waals surface area (Å²) in [7, 11) is 0. The van der Waals surface area contributed by atoms with E-state index < -0.39 is 0 Å². The molecular weight excluding hydrogens is 274 g/mol. The van der Waals surface area contributed by atoms with Crippen molar-refractivity contribution in [1.82, 2.24) is 10.2 Å². The van der Waals surface area contributed by atoms with E-state index in [4.69, 9.17) is 4.74 Å². The molecule has 4 nitrogen and oxygen atoms in total. The fourth-order valence-electron chi connectivity index (χ4n) is 3.99. The highest BCUT2D eigenvalue weighted by molar-refractivity contribution is 5.48. The lowest BCUT2D eigenvalue weighted by Gasteiger charge is -2.40. The summed E-state index contributed by atoms with van der Waals surface area (Å²) in [5, 5.41) is 3.35. The molecule has 120 valence electrons. The molecule has 4 rings (SSSR count). The minimum atomic E-state index is 0.202. The van der Waals surface area contributed by atoms with Crippen LogP contribution in [0.3, 0.4) is 0 Å². The second kappa shape index (κ2) is 5.84. The Morgan fingerprint density at radius 2 is 2.05 bits per heavy atom. The Hall–Kier alpha value is -1.10. The van der Waals surface area contributed by atoms with E-state index in [0.717, 1.165) is 45.8 Å². The minimum absolute atomic E-state index is 0.202. The molecule has 0 bridgehead atoms. The van der Waals surface area contributed by atoms with Crippen molar-refractivity contribution in [2.75, 3.05) is 50.7 Å². The summed E-state index contributed by atoms with van der Waals surface area (Å²) in [5.41, 5.74) is 2.92. The minimum Gasteiger partial charge on any atom is -0.369 e. The van der Waals surface area contributed by atoms with Crippen LogP contribution >= 0.6 is 0 Å². The van der Waals surface area contributed by atoms with E-state index >= 15 is 0 Å². The van der Waals surface area contributed by atoms with Crippen molar-refractivity contribution in [2.24, 2.45) is 0 Å². The molecule has 3 aliphatic rings. The third-order valence-electron chi connectivity index (χ3n) is 5.43. The third kappa shape index (κ3) is 2.87. The van der Waals surface area contributed by atoms with Crippen LogP contribution in [0.4, 0.5) is 5.69 Å². The number of benzene rings is 1. The summed E-state index contributed by atoms with van der Waals surface area (Å²) in [5.74, 6) is 0. The van der Waals surface area contributed by atoms with Gasteiger partial charge in [0.2, 0.25) is 0 Å². The first-order chi connectivity index (χ1) is 10.7. The SMILES string of the molecule is Cc1cccc(N2CCN(CC3CCC4(CNC4)O3)CC2)c1. The Kier molecular flexibility index (Phi) is 3.84. The van der Waals surface area contributed by atoms with E-state index in [2.05, 4.69) is 46.3 Å². The molecule has 3 aliphatic heterocycles. The number of ether oxygens (including phenoxy) is 1. The number of aryl methyl sites for hydroxylation is 1. The van der Waals surface area contributed by atoms with Crippen LogP contribution in [-0.4, -0.2) is 62.4 Å². The predicted octanol–water partition coefficient (Wildman–Crippen LogP) is 1.64. The van der Waals surface area contributed by atoms with Crippen LogP contribution in [0.1, 0.15) is 18.4 Å². The van der Waals surface area contributed by atoms with Gasteiger partial charge in [-0.25, -0.2) is 0 Å². The summed E-state index contributed by atoms with van der Waals surface area (Å²) in [4.78, 5) is 5.10. The van der Waals surface area contributed by atoms with E-state index in [-0.39, 0.29) is 5.60 Å². The summed E-state index contributed by atoms with van der Waals surface area (Å²) < 4.78 is 6.30. The molecule has 22 heavy (non-hydrogen) atoms. The van der Waals surface area contributed by atoms with Crippen LogP contribution < -0.4 is 10.2 Å². The number of nitrogens with one attached hydrogen (secondary N) is 1. The first-order valence-corrected chi connectivity index (χ1v) is 8.65. The molecule has 0 saturated carbocycles. The van der Waals surface area contributed by atoms with Crippen molar-refractivity contribution in [3.8, 4) is 0 Å². The summed E-state index contributed by atoms with van der Waals surface area (Å²) in [6.45, 7) is 9.96. The second-order valence-corrected chi connectivity index (χ2v) is 7.19. The Bertz CT molecular complexity index is 521. The predicted molar refractivity (Wildman–Crippen MR) is 89.5 cm³/mol. The molecule has 0 amide bonds. The van der Waals surface area contributed by atoms with Crippen LogP contribution in [0.15, 0.2) is 24.3 Å². The van der Waals surface area contributed by atoms with Crippen LogP contribution in [0.2, 0.25) is 0 Å². The molecule has 1 aromatic carbocycles. The lowest BCUT2D eigenvalue weighted by molar-refractivity contribution is -0.0809. The Morgan fingerprint density at radius 3 is 2.68 bits per heavy atom. The van der Waals surface area contributed by atoms with Gasteiger partial charge >= 0.3 is 0 Å². The van der Waals surface area contributed by atoms with Gasteiger partial charge in [0.15, 0.2) is 0 Å². The van der Waals surface area contributed by atoms with E-state index in [1.54, 1.807) is 0 Å². The molecule has 3 fully saturated rings. The Balaban J connectivity index is 1.27. The number of piperazine rings is 1. The van der Waals surface area contributed by atoms with Gasteiger partial charge in [0.1, 0.15) is 0 Å². The zero-order valence-electron chi connectivity index (χ0n) is 13.6. The Morgan fingerprint density at radius 1 is 1.23 bits per heavy atom. The molecule has 1 N–H and O–H groups in total. The maximum atomic E-state index is 6.30. The van der Waals surface area contributed by atoms with Gasteiger partial charge in [-0.2, -0.15) is 0 Å². The summed E-state index contributed by atoms with van der Waals surface area (Å²) in [6.07, 6.45) is 2.93. The zero-order chi connectivity index (χ0) is 15.0.